The van der Waals surface area contributed by atoms with Crippen molar-refractivity contribution in [3.63, 3.8) is 0 Å². The maximum absolute atomic E-state index is 11.6. The minimum Gasteiger partial charge on any atom is -0.478 e. The van der Waals surface area contributed by atoms with Gasteiger partial charge in [-0.1, -0.05) is 0 Å². The topological polar surface area (TPSA) is 144 Å². The van der Waals surface area contributed by atoms with Gasteiger partial charge in [-0.15, -0.1) is 0 Å². The summed E-state index contributed by atoms with van der Waals surface area (Å²) in [5.41, 5.74) is 2.22. The number of aromatic nitrogens is 1. The lowest BCUT2D eigenvalue weighted by atomic mass is 9.96. The van der Waals surface area contributed by atoms with Crippen LogP contribution in [0.2, 0.25) is 0 Å². The molecule has 0 saturated heterocycles. The van der Waals surface area contributed by atoms with Gasteiger partial charge >= 0.3 is 30.3 Å². The molecule has 3 heterocycles. The summed E-state index contributed by atoms with van der Waals surface area (Å²) < 4.78 is 68.9. The van der Waals surface area contributed by atoms with Crippen LogP contribution in [0.25, 0.3) is 0 Å². The highest BCUT2D eigenvalue weighted by molar-refractivity contribution is 5.95. The lowest BCUT2D eigenvalue weighted by Crippen LogP contribution is -2.32. The molecule has 0 bridgehead atoms. The van der Waals surface area contributed by atoms with E-state index >= 15 is 0 Å². The fourth-order valence-electron chi connectivity index (χ4n) is 2.91. The van der Waals surface area contributed by atoms with Gasteiger partial charge in [0.15, 0.2) is 0 Å². The second-order valence-corrected chi connectivity index (χ2v) is 7.31. The van der Waals surface area contributed by atoms with E-state index in [0.29, 0.717) is 24.3 Å². The first-order valence-electron chi connectivity index (χ1n) is 9.71. The van der Waals surface area contributed by atoms with Crippen molar-refractivity contribution in [2.75, 3.05) is 25.5 Å². The Bertz CT molecular complexity index is 1030. The van der Waals surface area contributed by atoms with Gasteiger partial charge in [-0.05, 0) is 29.7 Å². The molecule has 0 saturated carbocycles. The number of anilines is 1. The maximum atomic E-state index is 11.6. The van der Waals surface area contributed by atoms with Crippen LogP contribution in [-0.2, 0) is 29.1 Å². The number of pyridine rings is 1. The van der Waals surface area contributed by atoms with Crippen molar-refractivity contribution in [3.05, 3.63) is 47.0 Å². The summed E-state index contributed by atoms with van der Waals surface area (Å²) in [5, 5.41) is 23.8. The Balaban J connectivity index is 0.000000383. The van der Waals surface area contributed by atoms with E-state index in [4.69, 9.17) is 24.2 Å². The Morgan fingerprint density at radius 2 is 1.58 bits per heavy atom. The standard InChI is InChI=1S/C16H19N3O3.2C2HF3O2/c1-18(2)15-14(16(20)21)13-5-6-19(9-11(13)8-17-15)10-12-4-3-7-22-12;2*3-2(4,5)1(6)7/h3-4,7-8H,5-6,9-10H2,1-2H3,(H,20,21);2*(H,6,7). The number of aliphatic carboxylic acids is 2. The summed E-state index contributed by atoms with van der Waals surface area (Å²) in [5.74, 6) is -4.99. The molecule has 2 aromatic rings. The van der Waals surface area contributed by atoms with Crippen LogP contribution >= 0.6 is 0 Å². The van der Waals surface area contributed by atoms with E-state index < -0.39 is 30.3 Å². The molecule has 0 radical (unpaired) electrons. The summed E-state index contributed by atoms with van der Waals surface area (Å²) in [7, 11) is 3.63. The van der Waals surface area contributed by atoms with Crippen molar-refractivity contribution >= 4 is 23.7 Å². The highest BCUT2D eigenvalue weighted by Gasteiger charge is 2.38. The van der Waals surface area contributed by atoms with E-state index in [1.165, 1.54) is 0 Å². The van der Waals surface area contributed by atoms with Crippen LogP contribution < -0.4 is 4.90 Å². The number of hydrogen-bond acceptors (Lipinski definition) is 7. The molecular weight excluding hydrogens is 508 g/mol. The molecule has 3 rings (SSSR count). The number of carboxylic acid groups (broad SMARTS) is 3. The molecule has 0 atom stereocenters. The Kier molecular flexibility index (Phi) is 10.3. The van der Waals surface area contributed by atoms with Gasteiger partial charge in [0, 0.05) is 33.4 Å². The summed E-state index contributed by atoms with van der Waals surface area (Å²) in [4.78, 5) is 37.8. The molecule has 0 unspecified atom stereocenters. The lowest BCUT2D eigenvalue weighted by molar-refractivity contribution is -0.193. The average molecular weight is 529 g/mol. The number of hydrogen-bond donors (Lipinski definition) is 3. The number of alkyl halides is 6. The number of furan rings is 1. The van der Waals surface area contributed by atoms with Gasteiger partial charge in [0.1, 0.15) is 17.1 Å². The van der Waals surface area contributed by atoms with Crippen molar-refractivity contribution in [2.24, 2.45) is 0 Å². The zero-order valence-electron chi connectivity index (χ0n) is 18.7. The predicted molar refractivity (Wildman–Crippen MR) is 109 cm³/mol. The molecule has 0 aliphatic carbocycles. The van der Waals surface area contributed by atoms with Crippen molar-refractivity contribution in [2.45, 2.75) is 31.9 Å². The van der Waals surface area contributed by atoms with E-state index in [2.05, 4.69) is 9.88 Å². The number of carbonyl (C=O) groups is 3. The van der Waals surface area contributed by atoms with Crippen LogP contribution in [0.1, 0.15) is 27.2 Å². The Morgan fingerprint density at radius 3 is 1.97 bits per heavy atom. The number of nitrogens with zero attached hydrogens (tertiary/aromatic N) is 3. The van der Waals surface area contributed by atoms with Crippen LogP contribution in [0.3, 0.4) is 0 Å². The molecule has 3 N–H and O–H groups in total. The quantitative estimate of drug-likeness (QED) is 0.505. The molecule has 1 aliphatic rings. The highest BCUT2D eigenvalue weighted by atomic mass is 19.4. The van der Waals surface area contributed by atoms with Crippen LogP contribution in [-0.4, -0.2) is 76.1 Å². The third-order valence-corrected chi connectivity index (χ3v) is 4.41. The maximum Gasteiger partial charge on any atom is 0.490 e. The monoisotopic (exact) mass is 529 g/mol. The molecule has 1 aliphatic heterocycles. The zero-order valence-corrected chi connectivity index (χ0v) is 18.7. The summed E-state index contributed by atoms with van der Waals surface area (Å²) in [6, 6.07) is 3.83. The average Bonchev–Trinajstić information content (AvgIpc) is 3.25. The largest absolute Gasteiger partial charge is 0.490 e. The van der Waals surface area contributed by atoms with Gasteiger partial charge in [0.2, 0.25) is 0 Å². The first kappa shape index (κ1) is 30.2. The molecule has 2 aromatic heterocycles. The van der Waals surface area contributed by atoms with Crippen molar-refractivity contribution in [1.29, 1.82) is 0 Å². The molecule has 10 nitrogen and oxygen atoms in total. The molecule has 36 heavy (non-hydrogen) atoms. The third kappa shape index (κ3) is 9.09. The minimum absolute atomic E-state index is 0.333. The number of aromatic carboxylic acids is 1. The molecule has 0 aromatic carbocycles. The van der Waals surface area contributed by atoms with Gasteiger partial charge in [-0.25, -0.2) is 19.4 Å². The SMILES string of the molecule is CN(C)c1ncc2c(c1C(=O)O)CCN(Cc1ccco1)C2.O=C(O)C(F)(F)F.O=C(O)C(F)(F)F. The van der Waals surface area contributed by atoms with Gasteiger partial charge in [-0.2, -0.15) is 26.3 Å². The lowest BCUT2D eigenvalue weighted by Gasteiger charge is -2.29. The van der Waals surface area contributed by atoms with Gasteiger partial charge in [0.25, 0.3) is 0 Å². The number of carboxylic acids is 3. The minimum atomic E-state index is -5.08. The first-order chi connectivity index (χ1) is 16.4. The number of fused-ring (bicyclic) bond motifs is 1. The zero-order chi connectivity index (χ0) is 27.8. The van der Waals surface area contributed by atoms with Gasteiger partial charge in [0.05, 0.1) is 12.8 Å². The van der Waals surface area contributed by atoms with E-state index in [1.54, 1.807) is 17.4 Å². The summed E-state index contributed by atoms with van der Waals surface area (Å²) in [6.07, 6.45) is -5.99. The van der Waals surface area contributed by atoms with Crippen LogP contribution in [0.15, 0.2) is 29.0 Å². The summed E-state index contributed by atoms with van der Waals surface area (Å²) >= 11 is 0. The normalized spacial score (nSPS) is 13.3. The van der Waals surface area contributed by atoms with Crippen LogP contribution in [0.4, 0.5) is 32.2 Å². The Hall–Kier alpha value is -3.82. The van der Waals surface area contributed by atoms with Crippen LogP contribution in [0, 0.1) is 0 Å². The fraction of sp³-hybridized carbons (Fsp3) is 0.400. The molecule has 0 spiro atoms. The molecule has 16 heteroatoms. The molecule has 0 fully saturated rings. The number of halogens is 6. The van der Waals surface area contributed by atoms with Crippen molar-refractivity contribution in [1.82, 2.24) is 9.88 Å². The Morgan fingerprint density at radius 1 is 1.06 bits per heavy atom. The first-order valence-corrected chi connectivity index (χ1v) is 9.71. The second-order valence-electron chi connectivity index (χ2n) is 7.31. The Labute approximate surface area is 199 Å². The number of rotatable bonds is 4. The van der Waals surface area contributed by atoms with Crippen molar-refractivity contribution < 1.29 is 60.5 Å². The van der Waals surface area contributed by atoms with E-state index in [9.17, 15) is 36.2 Å². The fourth-order valence-corrected chi connectivity index (χ4v) is 2.91. The van der Waals surface area contributed by atoms with E-state index in [1.807, 2.05) is 26.2 Å². The highest BCUT2D eigenvalue weighted by Crippen LogP contribution is 2.28. The third-order valence-electron chi connectivity index (χ3n) is 4.41. The van der Waals surface area contributed by atoms with E-state index in [-0.39, 0.29) is 0 Å². The van der Waals surface area contributed by atoms with Crippen LogP contribution in [0.5, 0.6) is 0 Å². The molecule has 0 amide bonds. The van der Waals surface area contributed by atoms with Gasteiger partial charge < -0.3 is 24.6 Å². The molecular formula is C20H21F6N3O7. The smallest absolute Gasteiger partial charge is 0.478 e. The van der Waals surface area contributed by atoms with Gasteiger partial charge in [-0.3, -0.25) is 4.90 Å². The van der Waals surface area contributed by atoms with E-state index in [0.717, 1.165) is 30.0 Å². The molecule has 200 valence electrons. The summed E-state index contributed by atoms with van der Waals surface area (Å²) in [6.45, 7) is 2.23. The second kappa shape index (κ2) is 12.2. The predicted octanol–water partition coefficient (Wildman–Crippen LogP) is 3.26. The van der Waals surface area contributed by atoms with Crippen molar-refractivity contribution in [3.8, 4) is 0 Å².